The summed E-state index contributed by atoms with van der Waals surface area (Å²) in [6.07, 6.45) is 1.32. The highest BCUT2D eigenvalue weighted by Crippen LogP contribution is 2.38. The molecule has 1 aliphatic carbocycles. The number of nitriles is 1. The number of halogens is 2. The predicted molar refractivity (Wildman–Crippen MR) is 129 cm³/mol. The van der Waals surface area contributed by atoms with Gasteiger partial charge in [0, 0.05) is 25.6 Å². The molecular weight excluding hydrogens is 402 g/mol. The molecule has 0 heterocycles. The third kappa shape index (κ3) is 7.71. The van der Waals surface area contributed by atoms with Crippen molar-refractivity contribution in [3.8, 4) is 6.07 Å². The number of aryl methyl sites for hydroxylation is 1. The first kappa shape index (κ1) is 26.0. The lowest BCUT2D eigenvalue weighted by atomic mass is 9.94. The molecule has 32 heavy (non-hydrogen) atoms. The lowest BCUT2D eigenvalue weighted by Crippen LogP contribution is -2.39. The first-order valence-electron chi connectivity index (χ1n) is 11.9. The Bertz CT molecular complexity index is 804. The molecule has 0 bridgehead atoms. The molecule has 0 spiro atoms. The van der Waals surface area contributed by atoms with Crippen molar-refractivity contribution in [2.45, 2.75) is 96.7 Å². The number of hydrogen-bond donors (Lipinski definition) is 0. The van der Waals surface area contributed by atoms with Gasteiger partial charge in [0.1, 0.15) is 12.3 Å². The van der Waals surface area contributed by atoms with E-state index in [0.29, 0.717) is 24.9 Å². The summed E-state index contributed by atoms with van der Waals surface area (Å²) >= 11 is 0. The third-order valence-corrected chi connectivity index (χ3v) is 6.44. The van der Waals surface area contributed by atoms with Crippen molar-refractivity contribution in [3.05, 3.63) is 71.3 Å². The van der Waals surface area contributed by atoms with Crippen molar-refractivity contribution in [3.63, 3.8) is 0 Å². The Kier molecular flexibility index (Phi) is 10.8. The maximum atomic E-state index is 13.5. The number of rotatable bonds is 9. The van der Waals surface area contributed by atoms with Gasteiger partial charge < -0.3 is 0 Å². The van der Waals surface area contributed by atoms with Crippen molar-refractivity contribution < 1.29 is 8.78 Å². The van der Waals surface area contributed by atoms with E-state index in [4.69, 9.17) is 5.26 Å². The van der Waals surface area contributed by atoms with Gasteiger partial charge in [0.15, 0.2) is 0 Å². The van der Waals surface area contributed by atoms with Crippen molar-refractivity contribution in [2.75, 3.05) is 0 Å². The van der Waals surface area contributed by atoms with Crippen LogP contribution in [0.3, 0.4) is 0 Å². The molecular formula is C28H38F2N2. The molecule has 0 aromatic heterocycles. The minimum absolute atomic E-state index is 0.0275. The fraction of sp³-hybridized carbons (Fsp3) is 0.536. The Hall–Kier alpha value is -2.25. The predicted octanol–water partition coefficient (Wildman–Crippen LogP) is 7.39. The number of nitrogens with zero attached hydrogens (tertiary/aromatic N) is 2. The van der Waals surface area contributed by atoms with Gasteiger partial charge in [-0.2, -0.15) is 5.26 Å². The zero-order valence-corrected chi connectivity index (χ0v) is 20.0. The minimum atomic E-state index is -1.29. The van der Waals surface area contributed by atoms with Gasteiger partial charge in [0.25, 0.3) is 0 Å². The molecule has 3 unspecified atom stereocenters. The summed E-state index contributed by atoms with van der Waals surface area (Å²) in [7, 11) is 0. The zero-order chi connectivity index (χ0) is 23.5. The fourth-order valence-electron chi connectivity index (χ4n) is 4.63. The number of benzene rings is 2. The van der Waals surface area contributed by atoms with Crippen LogP contribution < -0.4 is 0 Å². The summed E-state index contributed by atoms with van der Waals surface area (Å²) in [4.78, 5) is 2.60. The number of alkyl halides is 2. The highest BCUT2D eigenvalue weighted by atomic mass is 19.2. The lowest BCUT2D eigenvalue weighted by molar-refractivity contribution is 0.132. The SMILES string of the molecule is CC#N.CCC(CCc1ccc(C2CC(F)C(F)C2)cc1)N(Cc1ccccc1)C(C)C. The first-order valence-corrected chi connectivity index (χ1v) is 11.9. The molecule has 0 radical (unpaired) electrons. The van der Waals surface area contributed by atoms with Crippen LogP contribution in [0.2, 0.25) is 0 Å². The van der Waals surface area contributed by atoms with Gasteiger partial charge >= 0.3 is 0 Å². The fourth-order valence-corrected chi connectivity index (χ4v) is 4.63. The highest BCUT2D eigenvalue weighted by molar-refractivity contribution is 5.27. The van der Waals surface area contributed by atoms with E-state index < -0.39 is 12.3 Å². The van der Waals surface area contributed by atoms with Crippen LogP contribution in [-0.2, 0) is 13.0 Å². The largest absolute Gasteiger partial charge is 0.294 e. The van der Waals surface area contributed by atoms with E-state index in [1.165, 1.54) is 18.1 Å². The Morgan fingerprint density at radius 3 is 2.03 bits per heavy atom. The Balaban J connectivity index is 0.00000114. The average molecular weight is 441 g/mol. The summed E-state index contributed by atoms with van der Waals surface area (Å²) < 4.78 is 27.0. The maximum Gasteiger partial charge on any atom is 0.132 e. The van der Waals surface area contributed by atoms with Crippen LogP contribution in [0.5, 0.6) is 0 Å². The highest BCUT2D eigenvalue weighted by Gasteiger charge is 2.35. The van der Waals surface area contributed by atoms with Crippen LogP contribution in [0.4, 0.5) is 8.78 Å². The van der Waals surface area contributed by atoms with Crippen molar-refractivity contribution in [1.29, 1.82) is 5.26 Å². The third-order valence-electron chi connectivity index (χ3n) is 6.44. The van der Waals surface area contributed by atoms with E-state index in [1.807, 2.05) is 0 Å². The van der Waals surface area contributed by atoms with Gasteiger partial charge in [-0.25, -0.2) is 8.78 Å². The molecule has 0 aliphatic heterocycles. The zero-order valence-electron chi connectivity index (χ0n) is 20.0. The molecule has 0 N–H and O–H groups in total. The smallest absolute Gasteiger partial charge is 0.132 e. The summed E-state index contributed by atoms with van der Waals surface area (Å²) in [6.45, 7) is 9.23. The van der Waals surface area contributed by atoms with E-state index >= 15 is 0 Å². The van der Waals surface area contributed by atoms with Crippen LogP contribution in [0, 0.1) is 11.3 Å². The second-order valence-electron chi connectivity index (χ2n) is 9.02. The van der Waals surface area contributed by atoms with Gasteiger partial charge in [0.05, 0.1) is 6.07 Å². The Morgan fingerprint density at radius 1 is 0.969 bits per heavy atom. The lowest BCUT2D eigenvalue weighted by Gasteiger charge is -2.35. The molecule has 2 aromatic carbocycles. The van der Waals surface area contributed by atoms with Crippen LogP contribution >= 0.6 is 0 Å². The first-order chi connectivity index (χ1) is 15.4. The molecule has 1 fully saturated rings. The molecule has 174 valence electrons. The monoisotopic (exact) mass is 440 g/mol. The van der Waals surface area contributed by atoms with Crippen molar-refractivity contribution in [2.24, 2.45) is 0 Å². The molecule has 2 aromatic rings. The Morgan fingerprint density at radius 2 is 1.53 bits per heavy atom. The number of hydrogen-bond acceptors (Lipinski definition) is 2. The second kappa shape index (κ2) is 13.3. The van der Waals surface area contributed by atoms with Crippen LogP contribution in [0.1, 0.15) is 76.0 Å². The molecule has 0 saturated heterocycles. The molecule has 3 rings (SSSR count). The van der Waals surface area contributed by atoms with E-state index in [0.717, 1.165) is 31.4 Å². The molecule has 1 saturated carbocycles. The van der Waals surface area contributed by atoms with E-state index in [1.54, 1.807) is 6.07 Å². The molecule has 1 aliphatic rings. The summed E-state index contributed by atoms with van der Waals surface area (Å²) in [5, 5.41) is 7.32. The molecule has 0 amide bonds. The summed E-state index contributed by atoms with van der Waals surface area (Å²) in [5.74, 6) is 0.0275. The normalized spacial score (nSPS) is 21.2. The van der Waals surface area contributed by atoms with Gasteiger partial charge in [-0.15, -0.1) is 0 Å². The van der Waals surface area contributed by atoms with Gasteiger partial charge in [-0.3, -0.25) is 4.90 Å². The van der Waals surface area contributed by atoms with Crippen molar-refractivity contribution >= 4 is 0 Å². The standard InChI is InChI=1S/C26H35F2N.C2H3N/c1-4-24(29(19(2)3)18-21-8-6-5-7-9-21)15-12-20-10-13-22(14-11-20)23-16-25(27)26(28)17-23;1-2-3/h5-11,13-14,19,23-26H,4,12,15-18H2,1-3H3;1H3. The van der Waals surface area contributed by atoms with Crippen LogP contribution in [0.15, 0.2) is 54.6 Å². The molecule has 2 nitrogen and oxygen atoms in total. The summed E-state index contributed by atoms with van der Waals surface area (Å²) in [6, 6.07) is 21.9. The quantitative estimate of drug-likeness (QED) is 0.406. The maximum absolute atomic E-state index is 13.5. The van der Waals surface area contributed by atoms with Gasteiger partial charge in [0.2, 0.25) is 0 Å². The molecule has 4 heteroatoms. The average Bonchev–Trinajstić information content (AvgIpc) is 3.13. The topological polar surface area (TPSA) is 27.0 Å². The van der Waals surface area contributed by atoms with Gasteiger partial charge in [-0.05, 0) is 68.6 Å². The van der Waals surface area contributed by atoms with E-state index in [-0.39, 0.29) is 5.92 Å². The minimum Gasteiger partial charge on any atom is -0.294 e. The van der Waals surface area contributed by atoms with Crippen molar-refractivity contribution in [1.82, 2.24) is 4.90 Å². The molecule has 3 atom stereocenters. The summed E-state index contributed by atoms with van der Waals surface area (Å²) in [5.41, 5.74) is 3.75. The van der Waals surface area contributed by atoms with E-state index in [9.17, 15) is 8.78 Å². The van der Waals surface area contributed by atoms with Crippen LogP contribution in [-0.4, -0.2) is 29.3 Å². The second-order valence-corrected chi connectivity index (χ2v) is 9.02. The van der Waals surface area contributed by atoms with Crippen LogP contribution in [0.25, 0.3) is 0 Å². The van der Waals surface area contributed by atoms with E-state index in [2.05, 4.69) is 80.3 Å². The Labute approximate surface area is 193 Å². The van der Waals surface area contributed by atoms with Gasteiger partial charge in [-0.1, -0.05) is 61.5 Å².